The Balaban J connectivity index is 2.85. The van der Waals surface area contributed by atoms with Crippen LogP contribution in [0.25, 0.3) is 0 Å². The topological polar surface area (TPSA) is 59.1 Å². The van der Waals surface area contributed by atoms with Crippen molar-refractivity contribution in [2.45, 2.75) is 13.0 Å². The van der Waals surface area contributed by atoms with E-state index in [1.165, 1.54) is 0 Å². The van der Waals surface area contributed by atoms with Gasteiger partial charge in [0.1, 0.15) is 11.6 Å². The highest BCUT2D eigenvalue weighted by Gasteiger charge is 2.09. The molecule has 1 aromatic rings. The summed E-state index contributed by atoms with van der Waals surface area (Å²) in [5.41, 5.74) is 5.25. The summed E-state index contributed by atoms with van der Waals surface area (Å²) >= 11 is 11.6. The lowest BCUT2D eigenvalue weighted by atomic mass is 10.3. The van der Waals surface area contributed by atoms with E-state index >= 15 is 0 Å². The van der Waals surface area contributed by atoms with Gasteiger partial charge in [-0.2, -0.15) is 0 Å². The molecule has 3 N–H and O–H groups in total. The summed E-state index contributed by atoms with van der Waals surface area (Å²) in [6.07, 6.45) is -0.508. The lowest BCUT2D eigenvalue weighted by Crippen LogP contribution is -2.30. The second kappa shape index (κ2) is 4.53. The Bertz CT molecular complexity index is 355. The molecule has 0 amide bonds. The molecule has 1 unspecified atom stereocenters. The Morgan fingerprint density at radius 3 is 2.71 bits per heavy atom. The summed E-state index contributed by atoms with van der Waals surface area (Å²) in [5, 5.41) is 8.13. The van der Waals surface area contributed by atoms with Crippen molar-refractivity contribution in [3.8, 4) is 5.75 Å². The fraction of sp³-hybridized carbons (Fsp3) is 0.222. The maximum absolute atomic E-state index is 7.15. The van der Waals surface area contributed by atoms with Crippen molar-refractivity contribution >= 4 is 29.0 Å². The van der Waals surface area contributed by atoms with Crippen molar-refractivity contribution in [2.24, 2.45) is 5.73 Å². The molecule has 3 nitrogen and oxygen atoms in total. The molecule has 0 heterocycles. The fourth-order valence-corrected chi connectivity index (χ4v) is 1.15. The predicted octanol–water partition coefficient (Wildman–Crippen LogP) is 2.70. The zero-order valence-electron chi connectivity index (χ0n) is 7.55. The predicted molar refractivity (Wildman–Crippen MR) is 58.5 cm³/mol. The van der Waals surface area contributed by atoms with Crippen LogP contribution < -0.4 is 10.5 Å². The van der Waals surface area contributed by atoms with Crippen molar-refractivity contribution in [2.75, 3.05) is 0 Å². The van der Waals surface area contributed by atoms with Crippen molar-refractivity contribution in [3.63, 3.8) is 0 Å². The third kappa shape index (κ3) is 2.79. The molecule has 0 spiro atoms. The van der Waals surface area contributed by atoms with E-state index in [9.17, 15) is 0 Å². The maximum Gasteiger partial charge on any atom is 0.152 e. The fourth-order valence-electron chi connectivity index (χ4n) is 0.821. The molecule has 0 fully saturated rings. The average molecular weight is 233 g/mol. The molecule has 1 atom stereocenters. The van der Waals surface area contributed by atoms with Crippen molar-refractivity contribution in [3.05, 3.63) is 28.2 Å². The Labute approximate surface area is 92.3 Å². The van der Waals surface area contributed by atoms with Gasteiger partial charge >= 0.3 is 0 Å². The van der Waals surface area contributed by atoms with E-state index in [1.54, 1.807) is 25.1 Å². The first-order valence-electron chi connectivity index (χ1n) is 3.96. The number of rotatable bonds is 3. The van der Waals surface area contributed by atoms with Gasteiger partial charge in [0, 0.05) is 11.1 Å². The highest BCUT2D eigenvalue weighted by Crippen LogP contribution is 2.28. The second-order valence-corrected chi connectivity index (χ2v) is 3.63. The normalized spacial score (nSPS) is 12.2. The Hall–Kier alpha value is -0.930. The minimum Gasteiger partial charge on any atom is -0.481 e. The molecule has 0 bridgehead atoms. The van der Waals surface area contributed by atoms with Crippen molar-refractivity contribution in [1.82, 2.24) is 0 Å². The van der Waals surface area contributed by atoms with Crippen LogP contribution in [-0.2, 0) is 0 Å². The first-order valence-corrected chi connectivity index (χ1v) is 4.72. The summed E-state index contributed by atoms with van der Waals surface area (Å²) in [7, 11) is 0. The smallest absolute Gasteiger partial charge is 0.152 e. The molecule has 76 valence electrons. The Kier molecular flexibility index (Phi) is 3.61. The number of ether oxygens (including phenoxy) is 1. The minimum absolute atomic E-state index is 0.0546. The van der Waals surface area contributed by atoms with Crippen molar-refractivity contribution in [1.29, 1.82) is 5.41 Å². The monoisotopic (exact) mass is 232 g/mol. The maximum atomic E-state index is 7.15. The van der Waals surface area contributed by atoms with Gasteiger partial charge in [-0.1, -0.05) is 23.2 Å². The summed E-state index contributed by atoms with van der Waals surface area (Å²) in [4.78, 5) is 0. The van der Waals surface area contributed by atoms with Crippen molar-refractivity contribution < 1.29 is 4.74 Å². The zero-order chi connectivity index (χ0) is 10.7. The Morgan fingerprint density at radius 2 is 2.14 bits per heavy atom. The Morgan fingerprint density at radius 1 is 1.50 bits per heavy atom. The number of nitrogens with two attached hydrogens (primary N) is 1. The molecule has 1 aromatic carbocycles. The molecule has 0 aliphatic heterocycles. The number of amidine groups is 1. The van der Waals surface area contributed by atoms with Gasteiger partial charge < -0.3 is 10.5 Å². The highest BCUT2D eigenvalue weighted by atomic mass is 35.5. The average Bonchev–Trinajstić information content (AvgIpc) is 2.11. The molecule has 1 rings (SSSR count). The van der Waals surface area contributed by atoms with E-state index in [2.05, 4.69) is 0 Å². The number of hydrogen-bond acceptors (Lipinski definition) is 2. The third-order valence-electron chi connectivity index (χ3n) is 1.63. The van der Waals surface area contributed by atoms with Crippen LogP contribution in [0, 0.1) is 5.41 Å². The molecule has 0 aliphatic carbocycles. The molecule has 0 saturated carbocycles. The van der Waals surface area contributed by atoms with E-state index in [1.807, 2.05) is 0 Å². The van der Waals surface area contributed by atoms with Gasteiger partial charge in [0.2, 0.25) is 0 Å². The van der Waals surface area contributed by atoms with Crippen LogP contribution in [0.15, 0.2) is 18.2 Å². The highest BCUT2D eigenvalue weighted by molar-refractivity contribution is 6.34. The molecule has 0 aliphatic rings. The van der Waals surface area contributed by atoms with Crippen LogP contribution >= 0.6 is 23.2 Å². The van der Waals surface area contributed by atoms with Crippen LogP contribution in [0.2, 0.25) is 10.0 Å². The SMILES string of the molecule is CC(Oc1cc(Cl)ccc1Cl)C(=N)N. The van der Waals surface area contributed by atoms with Gasteiger partial charge in [-0.3, -0.25) is 5.41 Å². The van der Waals surface area contributed by atoms with Gasteiger partial charge in [0.15, 0.2) is 6.10 Å². The standard InChI is InChI=1S/C9H10Cl2N2O/c1-5(9(12)13)14-8-4-6(10)2-3-7(8)11/h2-5H,1H3,(H3,12,13). The van der Waals surface area contributed by atoms with Crippen LogP contribution in [0.4, 0.5) is 0 Å². The molecular formula is C9H10Cl2N2O. The number of benzene rings is 1. The van der Waals surface area contributed by atoms with Crippen LogP contribution in [-0.4, -0.2) is 11.9 Å². The largest absolute Gasteiger partial charge is 0.481 e. The van der Waals surface area contributed by atoms with Crippen LogP contribution in [0.1, 0.15) is 6.92 Å². The van der Waals surface area contributed by atoms with Gasteiger partial charge in [-0.05, 0) is 19.1 Å². The third-order valence-corrected chi connectivity index (χ3v) is 2.18. The van der Waals surface area contributed by atoms with Crippen LogP contribution in [0.3, 0.4) is 0 Å². The van der Waals surface area contributed by atoms with E-state index in [-0.39, 0.29) is 5.84 Å². The van der Waals surface area contributed by atoms with Gasteiger partial charge in [-0.25, -0.2) is 0 Å². The molecule has 5 heteroatoms. The first kappa shape index (κ1) is 11.1. The van der Waals surface area contributed by atoms with E-state index < -0.39 is 6.10 Å². The van der Waals surface area contributed by atoms with Gasteiger partial charge in [0.05, 0.1) is 5.02 Å². The summed E-state index contributed by atoms with van der Waals surface area (Å²) in [6.45, 7) is 1.67. The molecule has 0 aromatic heterocycles. The molecular weight excluding hydrogens is 223 g/mol. The summed E-state index contributed by atoms with van der Waals surface area (Å²) in [5.74, 6) is 0.378. The second-order valence-electron chi connectivity index (χ2n) is 2.79. The molecule has 0 saturated heterocycles. The zero-order valence-corrected chi connectivity index (χ0v) is 9.06. The first-order chi connectivity index (χ1) is 6.50. The summed E-state index contributed by atoms with van der Waals surface area (Å²) < 4.78 is 5.32. The van der Waals surface area contributed by atoms with E-state index in [0.717, 1.165) is 0 Å². The van der Waals surface area contributed by atoms with Gasteiger partial charge in [-0.15, -0.1) is 0 Å². The quantitative estimate of drug-likeness (QED) is 0.622. The van der Waals surface area contributed by atoms with Crippen LogP contribution in [0.5, 0.6) is 5.75 Å². The number of halogens is 2. The van der Waals surface area contributed by atoms with E-state index in [0.29, 0.717) is 15.8 Å². The lowest BCUT2D eigenvalue weighted by Gasteiger charge is -2.14. The molecule has 14 heavy (non-hydrogen) atoms. The lowest BCUT2D eigenvalue weighted by molar-refractivity contribution is 0.285. The number of hydrogen-bond donors (Lipinski definition) is 2. The number of nitrogens with one attached hydrogen (secondary N) is 1. The molecule has 0 radical (unpaired) electrons. The van der Waals surface area contributed by atoms with Gasteiger partial charge in [0.25, 0.3) is 0 Å². The minimum atomic E-state index is -0.508. The summed E-state index contributed by atoms with van der Waals surface area (Å²) in [6, 6.07) is 4.88. The van der Waals surface area contributed by atoms with E-state index in [4.69, 9.17) is 39.1 Å².